The third kappa shape index (κ3) is 5.04. The molecule has 0 amide bonds. The van der Waals surface area contributed by atoms with Crippen LogP contribution in [0.25, 0.3) is 0 Å². The molecule has 0 radical (unpaired) electrons. The van der Waals surface area contributed by atoms with E-state index in [2.05, 4.69) is 24.1 Å². The zero-order valence-electron chi connectivity index (χ0n) is 11.6. The van der Waals surface area contributed by atoms with Gasteiger partial charge in [0.25, 0.3) is 0 Å². The molecule has 102 valence electrons. The summed E-state index contributed by atoms with van der Waals surface area (Å²) in [5.41, 5.74) is 6.40. The van der Waals surface area contributed by atoms with Crippen molar-refractivity contribution in [2.45, 2.75) is 39.8 Å². The molecule has 0 bridgehead atoms. The summed E-state index contributed by atoms with van der Waals surface area (Å²) >= 11 is 1.91. The largest absolute Gasteiger partial charge is 0.473 e. The molecule has 1 aromatic rings. The first-order valence-electron chi connectivity index (χ1n) is 6.30. The highest BCUT2D eigenvalue weighted by molar-refractivity contribution is 7.99. The van der Waals surface area contributed by atoms with Crippen LogP contribution in [0, 0.1) is 0 Å². The van der Waals surface area contributed by atoms with Gasteiger partial charge in [0.2, 0.25) is 5.88 Å². The maximum atomic E-state index is 5.83. The van der Waals surface area contributed by atoms with Crippen LogP contribution in [0.15, 0.2) is 12.1 Å². The lowest BCUT2D eigenvalue weighted by atomic mass is 10.3. The molecule has 0 aliphatic carbocycles. The van der Waals surface area contributed by atoms with E-state index in [9.17, 15) is 0 Å². The van der Waals surface area contributed by atoms with Crippen LogP contribution < -0.4 is 15.8 Å². The van der Waals surface area contributed by atoms with Crippen molar-refractivity contribution in [2.75, 3.05) is 22.6 Å². The first-order valence-corrected chi connectivity index (χ1v) is 7.45. The minimum Gasteiger partial charge on any atom is -0.473 e. The molecule has 5 heteroatoms. The van der Waals surface area contributed by atoms with E-state index in [1.54, 1.807) is 0 Å². The van der Waals surface area contributed by atoms with Gasteiger partial charge in [-0.2, -0.15) is 16.7 Å². The SMILES string of the molecule is CCSCC(C)Nc1ccc(N)c(OC(C)C)n1. The minimum atomic E-state index is 0.0723. The van der Waals surface area contributed by atoms with Crippen molar-refractivity contribution in [3.8, 4) is 5.88 Å². The third-order valence-electron chi connectivity index (χ3n) is 2.20. The highest BCUT2D eigenvalue weighted by Gasteiger charge is 2.08. The first-order chi connectivity index (χ1) is 8.52. The fourth-order valence-electron chi connectivity index (χ4n) is 1.44. The van der Waals surface area contributed by atoms with Gasteiger partial charge in [-0.1, -0.05) is 6.92 Å². The van der Waals surface area contributed by atoms with Gasteiger partial charge in [-0.3, -0.25) is 0 Å². The van der Waals surface area contributed by atoms with Crippen molar-refractivity contribution in [1.29, 1.82) is 0 Å². The monoisotopic (exact) mass is 269 g/mol. The molecule has 0 saturated carbocycles. The molecule has 1 unspecified atom stereocenters. The number of rotatable bonds is 7. The molecule has 0 spiro atoms. The van der Waals surface area contributed by atoms with Crippen LogP contribution in [-0.2, 0) is 0 Å². The fourth-order valence-corrected chi connectivity index (χ4v) is 2.11. The van der Waals surface area contributed by atoms with Gasteiger partial charge in [0.1, 0.15) is 5.82 Å². The molecule has 0 aromatic carbocycles. The summed E-state index contributed by atoms with van der Waals surface area (Å²) in [7, 11) is 0. The molecule has 1 rings (SSSR count). The van der Waals surface area contributed by atoms with E-state index >= 15 is 0 Å². The second-order valence-corrected chi connectivity index (χ2v) is 5.78. The van der Waals surface area contributed by atoms with Crippen LogP contribution in [0.3, 0.4) is 0 Å². The van der Waals surface area contributed by atoms with Crippen LogP contribution >= 0.6 is 11.8 Å². The van der Waals surface area contributed by atoms with E-state index in [0.29, 0.717) is 17.6 Å². The van der Waals surface area contributed by atoms with Crippen molar-refractivity contribution in [1.82, 2.24) is 4.98 Å². The Hall–Kier alpha value is -1.10. The van der Waals surface area contributed by atoms with E-state index in [-0.39, 0.29) is 6.10 Å². The number of hydrogen-bond donors (Lipinski definition) is 2. The molecule has 3 N–H and O–H groups in total. The summed E-state index contributed by atoms with van der Waals surface area (Å²) in [6.45, 7) is 8.22. The molecule has 18 heavy (non-hydrogen) atoms. The minimum absolute atomic E-state index is 0.0723. The lowest BCUT2D eigenvalue weighted by Gasteiger charge is -2.16. The standard InChI is InChI=1S/C13H23N3OS/c1-5-18-8-10(4)15-12-7-6-11(14)13(16-12)17-9(2)3/h6-7,9-10H,5,8,14H2,1-4H3,(H,15,16). The third-order valence-corrected chi connectivity index (χ3v) is 3.35. The summed E-state index contributed by atoms with van der Waals surface area (Å²) in [4.78, 5) is 4.39. The number of aromatic nitrogens is 1. The molecule has 0 aliphatic heterocycles. The zero-order valence-corrected chi connectivity index (χ0v) is 12.4. The van der Waals surface area contributed by atoms with E-state index in [4.69, 9.17) is 10.5 Å². The first kappa shape index (κ1) is 15.0. The molecule has 0 aliphatic rings. The number of anilines is 2. The number of thioether (sulfide) groups is 1. The number of nitrogens with zero attached hydrogens (tertiary/aromatic N) is 1. The van der Waals surface area contributed by atoms with E-state index < -0.39 is 0 Å². The number of ether oxygens (including phenoxy) is 1. The highest BCUT2D eigenvalue weighted by Crippen LogP contribution is 2.22. The average Bonchev–Trinajstić information content (AvgIpc) is 2.30. The Morgan fingerprint density at radius 1 is 1.39 bits per heavy atom. The number of nitrogens with two attached hydrogens (primary N) is 1. The van der Waals surface area contributed by atoms with Crippen LogP contribution in [0.5, 0.6) is 5.88 Å². The maximum absolute atomic E-state index is 5.83. The summed E-state index contributed by atoms with van der Waals surface area (Å²) in [5, 5.41) is 3.35. The van der Waals surface area contributed by atoms with E-state index in [0.717, 1.165) is 17.3 Å². The summed E-state index contributed by atoms with van der Waals surface area (Å²) in [5.74, 6) is 3.50. The Bertz CT molecular complexity index is 371. The number of nitrogen functional groups attached to an aromatic ring is 1. The molecule has 1 atom stereocenters. The molecule has 0 saturated heterocycles. The van der Waals surface area contributed by atoms with Gasteiger partial charge in [0, 0.05) is 11.8 Å². The average molecular weight is 269 g/mol. The van der Waals surface area contributed by atoms with Crippen molar-refractivity contribution in [3.63, 3.8) is 0 Å². The molecule has 4 nitrogen and oxygen atoms in total. The Balaban J connectivity index is 2.66. The lowest BCUT2D eigenvalue weighted by molar-refractivity contribution is 0.234. The zero-order chi connectivity index (χ0) is 13.5. The van der Waals surface area contributed by atoms with Gasteiger partial charge in [-0.25, -0.2) is 0 Å². The molecule has 1 aromatic heterocycles. The van der Waals surface area contributed by atoms with Crippen LogP contribution in [0.4, 0.5) is 11.5 Å². The predicted octanol–water partition coefficient (Wildman–Crippen LogP) is 3.00. The van der Waals surface area contributed by atoms with Gasteiger partial charge in [0.15, 0.2) is 0 Å². The smallest absolute Gasteiger partial charge is 0.239 e. The van der Waals surface area contributed by atoms with Gasteiger partial charge in [-0.05, 0) is 38.7 Å². The molecular formula is C13H23N3OS. The Labute approximate surface area is 114 Å². The molecule has 0 fully saturated rings. The number of pyridine rings is 1. The summed E-state index contributed by atoms with van der Waals surface area (Å²) < 4.78 is 5.57. The second kappa shape index (κ2) is 7.36. The van der Waals surface area contributed by atoms with E-state index in [1.807, 2.05) is 37.7 Å². The Morgan fingerprint density at radius 3 is 2.72 bits per heavy atom. The van der Waals surface area contributed by atoms with Crippen molar-refractivity contribution >= 4 is 23.3 Å². The number of hydrogen-bond acceptors (Lipinski definition) is 5. The Kier molecular flexibility index (Phi) is 6.12. The van der Waals surface area contributed by atoms with Gasteiger partial charge in [-0.15, -0.1) is 0 Å². The van der Waals surface area contributed by atoms with Crippen LogP contribution in [0.2, 0.25) is 0 Å². The van der Waals surface area contributed by atoms with Crippen molar-refractivity contribution in [3.05, 3.63) is 12.1 Å². The number of nitrogens with one attached hydrogen (secondary N) is 1. The summed E-state index contributed by atoms with van der Waals surface area (Å²) in [6.07, 6.45) is 0.0723. The van der Waals surface area contributed by atoms with Crippen LogP contribution in [-0.4, -0.2) is 28.6 Å². The summed E-state index contributed by atoms with van der Waals surface area (Å²) in [6, 6.07) is 4.08. The normalized spacial score (nSPS) is 12.5. The predicted molar refractivity (Wildman–Crippen MR) is 80.5 cm³/mol. The van der Waals surface area contributed by atoms with Crippen molar-refractivity contribution in [2.24, 2.45) is 0 Å². The van der Waals surface area contributed by atoms with Crippen LogP contribution in [0.1, 0.15) is 27.7 Å². The fraction of sp³-hybridized carbons (Fsp3) is 0.615. The second-order valence-electron chi connectivity index (χ2n) is 4.46. The lowest BCUT2D eigenvalue weighted by Crippen LogP contribution is -2.19. The highest BCUT2D eigenvalue weighted by atomic mass is 32.2. The quantitative estimate of drug-likeness (QED) is 0.797. The van der Waals surface area contributed by atoms with Gasteiger partial charge < -0.3 is 15.8 Å². The maximum Gasteiger partial charge on any atom is 0.239 e. The van der Waals surface area contributed by atoms with Gasteiger partial charge >= 0.3 is 0 Å². The van der Waals surface area contributed by atoms with E-state index in [1.165, 1.54) is 0 Å². The molecular weight excluding hydrogens is 246 g/mol. The Morgan fingerprint density at radius 2 is 2.11 bits per heavy atom. The molecule has 1 heterocycles. The van der Waals surface area contributed by atoms with Crippen molar-refractivity contribution < 1.29 is 4.74 Å². The topological polar surface area (TPSA) is 60.2 Å². The van der Waals surface area contributed by atoms with Gasteiger partial charge in [0.05, 0.1) is 11.8 Å².